The molecule has 0 atom stereocenters. The zero-order valence-electron chi connectivity index (χ0n) is 9.27. The number of nitrogen functional groups attached to an aromatic ring is 1. The van der Waals surface area contributed by atoms with Gasteiger partial charge in [0, 0.05) is 23.0 Å². The third kappa shape index (κ3) is 3.65. The maximum absolute atomic E-state index is 5.96. The number of aryl methyl sites for hydroxylation is 1. The fourth-order valence-corrected chi connectivity index (χ4v) is 2.62. The number of rotatable bonds is 4. The van der Waals surface area contributed by atoms with Crippen LogP contribution in [-0.2, 0) is 6.42 Å². The lowest BCUT2D eigenvalue weighted by Crippen LogP contribution is -1.89. The zero-order chi connectivity index (χ0) is 12.1. The molecule has 1 heterocycles. The summed E-state index contributed by atoms with van der Waals surface area (Å²) in [6.07, 6.45) is 4.66. The van der Waals surface area contributed by atoms with Gasteiger partial charge in [0.25, 0.3) is 0 Å². The Labute approximate surface area is 110 Å². The Morgan fingerprint density at radius 1 is 1.18 bits per heavy atom. The summed E-state index contributed by atoms with van der Waals surface area (Å²) in [5.74, 6) is 1.02. The van der Waals surface area contributed by atoms with Gasteiger partial charge in [-0.25, -0.2) is 0 Å². The summed E-state index contributed by atoms with van der Waals surface area (Å²) in [5.41, 5.74) is 7.59. The van der Waals surface area contributed by atoms with Crippen molar-refractivity contribution in [3.8, 4) is 0 Å². The monoisotopic (exact) mass is 264 g/mol. The van der Waals surface area contributed by atoms with Gasteiger partial charge in [0.15, 0.2) is 0 Å². The Bertz CT molecular complexity index is 488. The fraction of sp³-hybridized carbons (Fsp3) is 0.154. The van der Waals surface area contributed by atoms with Crippen LogP contribution < -0.4 is 5.73 Å². The van der Waals surface area contributed by atoms with E-state index in [1.54, 1.807) is 11.8 Å². The van der Waals surface area contributed by atoms with Gasteiger partial charge >= 0.3 is 0 Å². The SMILES string of the molecule is Nc1ccc(SCCc2ccncc2)cc1Cl. The maximum Gasteiger partial charge on any atom is 0.0646 e. The smallest absolute Gasteiger partial charge is 0.0646 e. The number of hydrogen-bond acceptors (Lipinski definition) is 3. The van der Waals surface area contributed by atoms with Crippen LogP contribution in [0.2, 0.25) is 5.02 Å². The second-order valence-corrected chi connectivity index (χ2v) is 5.21. The number of halogens is 1. The van der Waals surface area contributed by atoms with Crippen molar-refractivity contribution in [3.05, 3.63) is 53.3 Å². The molecule has 0 bridgehead atoms. The summed E-state index contributed by atoms with van der Waals surface area (Å²) in [6.45, 7) is 0. The molecule has 2 rings (SSSR count). The Morgan fingerprint density at radius 2 is 1.94 bits per heavy atom. The second kappa shape index (κ2) is 5.94. The minimum Gasteiger partial charge on any atom is -0.398 e. The van der Waals surface area contributed by atoms with E-state index in [1.165, 1.54) is 5.56 Å². The molecule has 2 aromatic rings. The molecule has 88 valence electrons. The van der Waals surface area contributed by atoms with Crippen molar-refractivity contribution in [3.63, 3.8) is 0 Å². The molecule has 0 aliphatic rings. The van der Waals surface area contributed by atoms with E-state index in [9.17, 15) is 0 Å². The van der Waals surface area contributed by atoms with E-state index in [0.29, 0.717) is 10.7 Å². The van der Waals surface area contributed by atoms with Gasteiger partial charge in [0.2, 0.25) is 0 Å². The van der Waals surface area contributed by atoms with Gasteiger partial charge in [-0.3, -0.25) is 4.98 Å². The molecule has 1 aromatic heterocycles. The minimum absolute atomic E-state index is 0.624. The van der Waals surface area contributed by atoms with Crippen molar-refractivity contribution in [2.45, 2.75) is 11.3 Å². The minimum atomic E-state index is 0.624. The molecule has 1 aromatic carbocycles. The molecular weight excluding hydrogens is 252 g/mol. The molecule has 2 nitrogen and oxygen atoms in total. The van der Waals surface area contributed by atoms with E-state index in [4.69, 9.17) is 17.3 Å². The average Bonchev–Trinajstić information content (AvgIpc) is 2.35. The predicted octanol–water partition coefficient (Wildman–Crippen LogP) is 3.65. The highest BCUT2D eigenvalue weighted by Gasteiger charge is 1.99. The zero-order valence-corrected chi connectivity index (χ0v) is 10.8. The van der Waals surface area contributed by atoms with Crippen LogP contribution in [0.4, 0.5) is 5.69 Å². The number of pyridine rings is 1. The van der Waals surface area contributed by atoms with Gasteiger partial charge < -0.3 is 5.73 Å². The summed E-state index contributed by atoms with van der Waals surface area (Å²) in [7, 11) is 0. The number of nitrogens with two attached hydrogens (primary N) is 1. The first-order valence-corrected chi connectivity index (χ1v) is 6.69. The Morgan fingerprint density at radius 3 is 2.65 bits per heavy atom. The van der Waals surface area contributed by atoms with Crippen molar-refractivity contribution in [2.75, 3.05) is 11.5 Å². The average molecular weight is 265 g/mol. The van der Waals surface area contributed by atoms with E-state index in [0.717, 1.165) is 17.1 Å². The third-order valence-electron chi connectivity index (χ3n) is 2.38. The molecule has 0 aliphatic carbocycles. The number of aromatic nitrogens is 1. The summed E-state index contributed by atoms with van der Waals surface area (Å²) in [6, 6.07) is 9.83. The lowest BCUT2D eigenvalue weighted by atomic mass is 10.2. The van der Waals surface area contributed by atoms with Crippen LogP contribution in [0.25, 0.3) is 0 Å². The van der Waals surface area contributed by atoms with Crippen LogP contribution in [0.15, 0.2) is 47.6 Å². The Kier molecular flexibility index (Phi) is 4.29. The lowest BCUT2D eigenvalue weighted by Gasteiger charge is -2.04. The van der Waals surface area contributed by atoms with Gasteiger partial charge in [0.1, 0.15) is 0 Å². The van der Waals surface area contributed by atoms with Crippen LogP contribution >= 0.6 is 23.4 Å². The Balaban J connectivity index is 1.88. The highest BCUT2D eigenvalue weighted by atomic mass is 35.5. The first kappa shape index (κ1) is 12.3. The molecule has 0 saturated heterocycles. The first-order valence-electron chi connectivity index (χ1n) is 5.32. The Hall–Kier alpha value is -1.19. The van der Waals surface area contributed by atoms with Crippen LogP contribution in [0, 0.1) is 0 Å². The lowest BCUT2D eigenvalue weighted by molar-refractivity contribution is 1.13. The van der Waals surface area contributed by atoms with Gasteiger partial charge in [-0.15, -0.1) is 11.8 Å². The van der Waals surface area contributed by atoms with E-state index in [1.807, 2.05) is 42.7 Å². The molecule has 0 aliphatic heterocycles. The van der Waals surface area contributed by atoms with E-state index < -0.39 is 0 Å². The molecule has 17 heavy (non-hydrogen) atoms. The van der Waals surface area contributed by atoms with Gasteiger partial charge in [-0.05, 0) is 42.3 Å². The molecule has 0 radical (unpaired) electrons. The number of thioether (sulfide) groups is 1. The van der Waals surface area contributed by atoms with Crippen molar-refractivity contribution < 1.29 is 0 Å². The van der Waals surface area contributed by atoms with Crippen LogP contribution in [0.1, 0.15) is 5.56 Å². The summed E-state index contributed by atoms with van der Waals surface area (Å²) < 4.78 is 0. The summed E-state index contributed by atoms with van der Waals surface area (Å²) in [4.78, 5) is 5.15. The second-order valence-electron chi connectivity index (χ2n) is 3.64. The standard InChI is InChI=1S/C13H13ClN2S/c14-12-9-11(1-2-13(12)15)17-8-5-10-3-6-16-7-4-10/h1-4,6-7,9H,5,8,15H2. The highest BCUT2D eigenvalue weighted by molar-refractivity contribution is 7.99. The normalized spacial score (nSPS) is 10.4. The number of nitrogens with zero attached hydrogens (tertiary/aromatic N) is 1. The number of benzene rings is 1. The van der Waals surface area contributed by atoms with Crippen LogP contribution in [0.5, 0.6) is 0 Å². The maximum atomic E-state index is 5.96. The molecule has 0 spiro atoms. The summed E-state index contributed by atoms with van der Waals surface area (Å²) >= 11 is 7.74. The third-order valence-corrected chi connectivity index (χ3v) is 3.70. The fourth-order valence-electron chi connectivity index (χ4n) is 1.43. The van der Waals surface area contributed by atoms with Crippen molar-refractivity contribution in [2.24, 2.45) is 0 Å². The molecule has 0 saturated carbocycles. The predicted molar refractivity (Wildman–Crippen MR) is 74.5 cm³/mol. The van der Waals surface area contributed by atoms with Crippen LogP contribution in [0.3, 0.4) is 0 Å². The van der Waals surface area contributed by atoms with Crippen molar-refractivity contribution >= 4 is 29.1 Å². The van der Waals surface area contributed by atoms with E-state index in [2.05, 4.69) is 4.98 Å². The van der Waals surface area contributed by atoms with Gasteiger partial charge in [-0.1, -0.05) is 11.6 Å². The quantitative estimate of drug-likeness (QED) is 0.677. The summed E-state index contributed by atoms with van der Waals surface area (Å²) in [5, 5.41) is 0.624. The van der Waals surface area contributed by atoms with Gasteiger partial charge in [-0.2, -0.15) is 0 Å². The molecule has 0 fully saturated rings. The molecule has 0 unspecified atom stereocenters. The molecule has 4 heteroatoms. The van der Waals surface area contributed by atoms with E-state index >= 15 is 0 Å². The molecule has 2 N–H and O–H groups in total. The largest absolute Gasteiger partial charge is 0.398 e. The van der Waals surface area contributed by atoms with E-state index in [-0.39, 0.29) is 0 Å². The van der Waals surface area contributed by atoms with Crippen LogP contribution in [-0.4, -0.2) is 10.7 Å². The number of hydrogen-bond donors (Lipinski definition) is 1. The number of anilines is 1. The first-order chi connectivity index (χ1) is 8.25. The molecule has 0 amide bonds. The topological polar surface area (TPSA) is 38.9 Å². The highest BCUT2D eigenvalue weighted by Crippen LogP contribution is 2.26. The van der Waals surface area contributed by atoms with Crippen molar-refractivity contribution in [1.82, 2.24) is 4.98 Å². The molecular formula is C13H13ClN2S. The van der Waals surface area contributed by atoms with Gasteiger partial charge in [0.05, 0.1) is 10.7 Å². The van der Waals surface area contributed by atoms with Crippen molar-refractivity contribution in [1.29, 1.82) is 0 Å².